The van der Waals surface area contributed by atoms with Gasteiger partial charge in [0.2, 0.25) is 0 Å². The van der Waals surface area contributed by atoms with Crippen molar-refractivity contribution in [2.45, 2.75) is 57.3 Å². The Labute approximate surface area is 114 Å². The Bertz CT molecular complexity index is 482. The van der Waals surface area contributed by atoms with Crippen LogP contribution in [0.15, 0.2) is 6.07 Å². The van der Waals surface area contributed by atoms with E-state index in [4.69, 9.17) is 22.9 Å². The number of hydrogen-bond donors (Lipinski definition) is 1. The van der Waals surface area contributed by atoms with Crippen molar-refractivity contribution in [3.05, 3.63) is 28.6 Å². The Balaban J connectivity index is 2.05. The Morgan fingerprint density at radius 1 is 1.11 bits per heavy atom. The summed E-state index contributed by atoms with van der Waals surface area (Å²) in [5.41, 5.74) is 11.3. The third-order valence-corrected chi connectivity index (χ3v) is 4.56. The van der Waals surface area contributed by atoms with E-state index < -0.39 is 0 Å². The largest absolute Gasteiger partial charge is 0.393 e. The SMILES string of the molecule is NC(=S)C1CCCc2cc3c(nc21)CCCCC3. The van der Waals surface area contributed by atoms with Gasteiger partial charge in [-0.2, -0.15) is 0 Å². The lowest BCUT2D eigenvalue weighted by Crippen LogP contribution is -2.25. The molecule has 1 aromatic rings. The van der Waals surface area contributed by atoms with E-state index in [1.165, 1.54) is 54.6 Å². The van der Waals surface area contributed by atoms with Crippen molar-refractivity contribution in [2.75, 3.05) is 0 Å². The molecule has 2 N–H and O–H groups in total. The molecule has 1 unspecified atom stereocenters. The van der Waals surface area contributed by atoms with Gasteiger partial charge in [-0.15, -0.1) is 0 Å². The number of aryl methyl sites for hydroxylation is 3. The van der Waals surface area contributed by atoms with Crippen molar-refractivity contribution >= 4 is 17.2 Å². The highest BCUT2D eigenvalue weighted by Crippen LogP contribution is 2.33. The zero-order chi connectivity index (χ0) is 12.5. The van der Waals surface area contributed by atoms with Gasteiger partial charge in [0.15, 0.2) is 0 Å². The van der Waals surface area contributed by atoms with Gasteiger partial charge in [0.05, 0.1) is 16.6 Å². The normalized spacial score (nSPS) is 22.8. The number of hydrogen-bond acceptors (Lipinski definition) is 2. The monoisotopic (exact) mass is 260 g/mol. The van der Waals surface area contributed by atoms with E-state index in [9.17, 15) is 0 Å². The minimum atomic E-state index is 0.220. The predicted octanol–water partition coefficient (Wildman–Crippen LogP) is 3.06. The molecular formula is C15H20N2S. The molecule has 18 heavy (non-hydrogen) atoms. The molecule has 0 saturated heterocycles. The minimum absolute atomic E-state index is 0.220. The molecule has 3 heteroatoms. The summed E-state index contributed by atoms with van der Waals surface area (Å²) >= 11 is 5.21. The van der Waals surface area contributed by atoms with Crippen molar-refractivity contribution < 1.29 is 0 Å². The molecule has 0 spiro atoms. The lowest BCUT2D eigenvalue weighted by atomic mass is 9.85. The number of nitrogens with zero attached hydrogens (tertiary/aromatic N) is 1. The quantitative estimate of drug-likeness (QED) is 0.623. The molecule has 1 atom stereocenters. The Morgan fingerprint density at radius 3 is 2.72 bits per heavy atom. The first-order valence-corrected chi connectivity index (χ1v) is 7.47. The third kappa shape index (κ3) is 2.16. The molecule has 0 fully saturated rings. The maximum absolute atomic E-state index is 5.88. The van der Waals surface area contributed by atoms with Crippen LogP contribution in [0.4, 0.5) is 0 Å². The molecular weight excluding hydrogens is 240 g/mol. The molecule has 2 aliphatic carbocycles. The lowest BCUT2D eigenvalue weighted by Gasteiger charge is -2.25. The molecule has 1 heterocycles. The molecule has 96 valence electrons. The van der Waals surface area contributed by atoms with Crippen LogP contribution in [0.3, 0.4) is 0 Å². The van der Waals surface area contributed by atoms with Crippen LogP contribution in [0, 0.1) is 0 Å². The molecule has 0 saturated carbocycles. The summed E-state index contributed by atoms with van der Waals surface area (Å²) in [6.45, 7) is 0. The van der Waals surface area contributed by atoms with Crippen molar-refractivity contribution in [3.63, 3.8) is 0 Å². The zero-order valence-electron chi connectivity index (χ0n) is 10.7. The van der Waals surface area contributed by atoms with Gasteiger partial charge < -0.3 is 5.73 Å². The summed E-state index contributed by atoms with van der Waals surface area (Å²) in [6.07, 6.45) is 9.67. The minimum Gasteiger partial charge on any atom is -0.393 e. The van der Waals surface area contributed by atoms with Gasteiger partial charge in [0, 0.05) is 5.69 Å². The van der Waals surface area contributed by atoms with Gasteiger partial charge in [-0.3, -0.25) is 4.98 Å². The van der Waals surface area contributed by atoms with Crippen molar-refractivity contribution in [1.29, 1.82) is 0 Å². The van der Waals surface area contributed by atoms with Crippen molar-refractivity contribution in [2.24, 2.45) is 5.73 Å². The maximum atomic E-state index is 5.88. The van der Waals surface area contributed by atoms with Crippen LogP contribution in [0.2, 0.25) is 0 Å². The van der Waals surface area contributed by atoms with Gasteiger partial charge in [-0.05, 0) is 56.1 Å². The second kappa shape index (κ2) is 4.96. The predicted molar refractivity (Wildman–Crippen MR) is 78.0 cm³/mol. The average molecular weight is 260 g/mol. The Hall–Kier alpha value is -0.960. The summed E-state index contributed by atoms with van der Waals surface area (Å²) in [5, 5.41) is 0. The second-order valence-corrected chi connectivity index (χ2v) is 6.02. The standard InChI is InChI=1S/C15H20N2S/c16-15(18)12-7-4-6-11-9-10-5-2-1-3-8-13(10)17-14(11)12/h9,12H,1-8H2,(H2,16,18). The van der Waals surface area contributed by atoms with Crippen molar-refractivity contribution in [1.82, 2.24) is 4.98 Å². The fraction of sp³-hybridized carbons (Fsp3) is 0.600. The van der Waals surface area contributed by atoms with E-state index in [0.717, 1.165) is 19.3 Å². The van der Waals surface area contributed by atoms with Gasteiger partial charge in [-0.1, -0.05) is 24.7 Å². The van der Waals surface area contributed by atoms with E-state index >= 15 is 0 Å². The summed E-state index contributed by atoms with van der Waals surface area (Å²) < 4.78 is 0. The fourth-order valence-electron chi connectivity index (χ4n) is 3.29. The second-order valence-electron chi connectivity index (χ2n) is 5.55. The topological polar surface area (TPSA) is 38.9 Å². The van der Waals surface area contributed by atoms with E-state index in [0.29, 0.717) is 4.99 Å². The fourth-order valence-corrected chi connectivity index (χ4v) is 3.52. The molecule has 1 aromatic heterocycles. The average Bonchev–Trinajstić information content (AvgIpc) is 2.59. The van der Waals surface area contributed by atoms with Crippen LogP contribution in [-0.2, 0) is 19.3 Å². The maximum Gasteiger partial charge on any atom is 0.0819 e. The highest BCUT2D eigenvalue weighted by atomic mass is 32.1. The number of pyridine rings is 1. The summed E-state index contributed by atoms with van der Waals surface area (Å²) in [4.78, 5) is 5.57. The number of nitrogens with two attached hydrogens (primary N) is 1. The summed E-state index contributed by atoms with van der Waals surface area (Å²) in [6, 6.07) is 2.40. The molecule has 0 aromatic carbocycles. The van der Waals surface area contributed by atoms with Crippen LogP contribution >= 0.6 is 12.2 Å². The highest BCUT2D eigenvalue weighted by Gasteiger charge is 2.25. The molecule has 0 aliphatic heterocycles. The first-order chi connectivity index (χ1) is 8.75. The molecule has 2 nitrogen and oxygen atoms in total. The van der Waals surface area contributed by atoms with E-state index in [-0.39, 0.29) is 5.92 Å². The third-order valence-electron chi connectivity index (χ3n) is 4.28. The van der Waals surface area contributed by atoms with Gasteiger partial charge in [0.1, 0.15) is 0 Å². The van der Waals surface area contributed by atoms with Crippen LogP contribution in [0.25, 0.3) is 0 Å². The first kappa shape index (κ1) is 12.1. The molecule has 3 rings (SSSR count). The van der Waals surface area contributed by atoms with E-state index in [1.54, 1.807) is 0 Å². The van der Waals surface area contributed by atoms with Crippen LogP contribution < -0.4 is 5.73 Å². The van der Waals surface area contributed by atoms with E-state index in [2.05, 4.69) is 6.07 Å². The highest BCUT2D eigenvalue weighted by molar-refractivity contribution is 7.80. The van der Waals surface area contributed by atoms with E-state index in [1.807, 2.05) is 0 Å². The number of fused-ring (bicyclic) bond motifs is 2. The Morgan fingerprint density at radius 2 is 1.89 bits per heavy atom. The summed E-state index contributed by atoms with van der Waals surface area (Å²) in [7, 11) is 0. The van der Waals surface area contributed by atoms with Crippen molar-refractivity contribution in [3.8, 4) is 0 Å². The molecule has 2 aliphatic rings. The molecule has 0 radical (unpaired) electrons. The zero-order valence-corrected chi connectivity index (χ0v) is 11.6. The van der Waals surface area contributed by atoms with Crippen LogP contribution in [0.5, 0.6) is 0 Å². The van der Waals surface area contributed by atoms with Crippen LogP contribution in [-0.4, -0.2) is 9.97 Å². The van der Waals surface area contributed by atoms with Gasteiger partial charge >= 0.3 is 0 Å². The lowest BCUT2D eigenvalue weighted by molar-refractivity contribution is 0.627. The number of thiocarbonyl (C=S) groups is 1. The number of aromatic nitrogens is 1. The smallest absolute Gasteiger partial charge is 0.0819 e. The first-order valence-electron chi connectivity index (χ1n) is 7.06. The molecule has 0 amide bonds. The van der Waals surface area contributed by atoms with Gasteiger partial charge in [0.25, 0.3) is 0 Å². The van der Waals surface area contributed by atoms with Gasteiger partial charge in [-0.25, -0.2) is 0 Å². The number of rotatable bonds is 1. The van der Waals surface area contributed by atoms with Crippen LogP contribution in [0.1, 0.15) is 60.5 Å². The molecule has 0 bridgehead atoms. The Kier molecular flexibility index (Phi) is 3.33. The summed E-state index contributed by atoms with van der Waals surface area (Å²) in [5.74, 6) is 0.220.